The normalized spacial score (nSPS) is 11.8. The number of hydrogen-bond donors (Lipinski definition) is 1. The van der Waals surface area contributed by atoms with E-state index in [1.54, 1.807) is 45.3 Å². The van der Waals surface area contributed by atoms with Crippen molar-refractivity contribution >= 4 is 29.1 Å². The average molecular weight is 269 g/mol. The molecule has 5 heteroatoms. The number of carbonyl (C=O) groups is 2. The van der Waals surface area contributed by atoms with Crippen LogP contribution in [0.15, 0.2) is 24.3 Å². The Hall–Kier alpha value is -1.55. The Morgan fingerprint density at radius 1 is 1.28 bits per heavy atom. The summed E-state index contributed by atoms with van der Waals surface area (Å²) in [5, 5.41) is 2.74. The molecule has 1 aromatic rings. The van der Waals surface area contributed by atoms with E-state index in [0.29, 0.717) is 11.3 Å². The lowest BCUT2D eigenvalue weighted by Gasteiger charge is -2.12. The van der Waals surface area contributed by atoms with E-state index >= 15 is 0 Å². The van der Waals surface area contributed by atoms with Crippen LogP contribution in [0.1, 0.15) is 17.3 Å². The van der Waals surface area contributed by atoms with E-state index in [1.807, 2.05) is 0 Å². The van der Waals surface area contributed by atoms with Crippen molar-refractivity contribution in [1.82, 2.24) is 4.90 Å². The summed E-state index contributed by atoms with van der Waals surface area (Å²) >= 11 is 5.60. The Kier molecular flexibility index (Phi) is 5.16. The van der Waals surface area contributed by atoms with Gasteiger partial charge in [0.25, 0.3) is 5.91 Å². The Bertz CT molecular complexity index is 429. The molecule has 98 valence electrons. The van der Waals surface area contributed by atoms with Crippen molar-refractivity contribution in [2.24, 2.45) is 5.92 Å². The van der Waals surface area contributed by atoms with Crippen molar-refractivity contribution in [1.29, 1.82) is 0 Å². The van der Waals surface area contributed by atoms with Gasteiger partial charge in [-0.2, -0.15) is 0 Å². The number of alkyl halides is 1. The summed E-state index contributed by atoms with van der Waals surface area (Å²) in [4.78, 5) is 24.8. The maximum atomic E-state index is 11.7. The van der Waals surface area contributed by atoms with Crippen molar-refractivity contribution in [3.8, 4) is 0 Å². The minimum atomic E-state index is -0.241. The maximum Gasteiger partial charge on any atom is 0.253 e. The van der Waals surface area contributed by atoms with Gasteiger partial charge in [-0.05, 0) is 24.3 Å². The molecule has 0 spiro atoms. The number of anilines is 1. The van der Waals surface area contributed by atoms with Crippen molar-refractivity contribution < 1.29 is 9.59 Å². The summed E-state index contributed by atoms with van der Waals surface area (Å²) < 4.78 is 0. The first-order chi connectivity index (χ1) is 8.45. The lowest BCUT2D eigenvalue weighted by Crippen LogP contribution is -2.22. The second kappa shape index (κ2) is 6.40. The average Bonchev–Trinajstić information content (AvgIpc) is 2.37. The topological polar surface area (TPSA) is 49.4 Å². The number of benzene rings is 1. The number of hydrogen-bond acceptors (Lipinski definition) is 2. The van der Waals surface area contributed by atoms with Gasteiger partial charge >= 0.3 is 0 Å². The molecule has 0 aliphatic heterocycles. The monoisotopic (exact) mass is 268 g/mol. The van der Waals surface area contributed by atoms with Gasteiger partial charge in [-0.25, -0.2) is 0 Å². The van der Waals surface area contributed by atoms with Gasteiger partial charge in [0.2, 0.25) is 5.91 Å². The highest BCUT2D eigenvalue weighted by atomic mass is 35.5. The van der Waals surface area contributed by atoms with E-state index in [-0.39, 0.29) is 23.6 Å². The molecule has 0 radical (unpaired) electrons. The van der Waals surface area contributed by atoms with Crippen LogP contribution < -0.4 is 5.32 Å². The van der Waals surface area contributed by atoms with Crippen LogP contribution in [-0.4, -0.2) is 36.7 Å². The highest BCUT2D eigenvalue weighted by Gasteiger charge is 2.12. The zero-order valence-corrected chi connectivity index (χ0v) is 11.5. The van der Waals surface area contributed by atoms with Crippen LogP contribution in [-0.2, 0) is 4.79 Å². The van der Waals surface area contributed by atoms with Crippen LogP contribution >= 0.6 is 11.6 Å². The van der Waals surface area contributed by atoms with E-state index in [1.165, 1.54) is 4.90 Å². The molecule has 1 unspecified atom stereocenters. The minimum Gasteiger partial charge on any atom is -0.345 e. The zero-order chi connectivity index (χ0) is 13.7. The molecule has 0 saturated heterocycles. The highest BCUT2D eigenvalue weighted by Crippen LogP contribution is 2.12. The summed E-state index contributed by atoms with van der Waals surface area (Å²) in [5.41, 5.74) is 1.25. The van der Waals surface area contributed by atoms with E-state index < -0.39 is 0 Å². The van der Waals surface area contributed by atoms with Crippen molar-refractivity contribution in [3.05, 3.63) is 29.8 Å². The minimum absolute atomic E-state index is 0.0676. The van der Waals surface area contributed by atoms with E-state index in [2.05, 4.69) is 5.32 Å². The fourth-order valence-electron chi connectivity index (χ4n) is 1.29. The molecule has 1 atom stereocenters. The van der Waals surface area contributed by atoms with Gasteiger partial charge in [0.1, 0.15) is 0 Å². The second-order valence-electron chi connectivity index (χ2n) is 4.32. The Balaban J connectivity index is 2.72. The lowest BCUT2D eigenvalue weighted by atomic mass is 10.1. The summed E-state index contributed by atoms with van der Waals surface area (Å²) in [6.07, 6.45) is 0. The van der Waals surface area contributed by atoms with Gasteiger partial charge < -0.3 is 10.2 Å². The molecule has 0 bridgehead atoms. The van der Waals surface area contributed by atoms with Gasteiger partial charge in [0.15, 0.2) is 0 Å². The van der Waals surface area contributed by atoms with Crippen LogP contribution in [0.25, 0.3) is 0 Å². The number of carbonyl (C=O) groups excluding carboxylic acids is 2. The molecule has 0 saturated carbocycles. The quantitative estimate of drug-likeness (QED) is 0.851. The molecule has 0 aromatic heterocycles. The van der Waals surface area contributed by atoms with Crippen molar-refractivity contribution in [3.63, 3.8) is 0 Å². The Morgan fingerprint density at radius 3 is 2.28 bits per heavy atom. The first-order valence-corrected chi connectivity index (χ1v) is 6.17. The number of nitrogens with one attached hydrogen (secondary N) is 1. The van der Waals surface area contributed by atoms with Crippen molar-refractivity contribution in [2.45, 2.75) is 6.92 Å². The Labute approximate surface area is 112 Å². The number of nitrogens with zero attached hydrogens (tertiary/aromatic N) is 1. The standard InChI is InChI=1S/C13H17ClN2O2/c1-9(8-14)12(17)15-11-6-4-10(5-7-11)13(18)16(2)3/h4-7,9H,8H2,1-3H3,(H,15,17). The summed E-state index contributed by atoms with van der Waals surface area (Å²) in [5.74, 6) is -0.156. The summed E-state index contributed by atoms with van der Waals surface area (Å²) in [7, 11) is 3.39. The van der Waals surface area contributed by atoms with E-state index in [4.69, 9.17) is 11.6 Å². The van der Waals surface area contributed by atoms with Crippen molar-refractivity contribution in [2.75, 3.05) is 25.3 Å². The predicted octanol–water partition coefficient (Wildman–Crippen LogP) is 2.20. The van der Waals surface area contributed by atoms with Crippen LogP contribution in [0, 0.1) is 5.92 Å². The van der Waals surface area contributed by atoms with Crippen LogP contribution in [0.2, 0.25) is 0 Å². The molecule has 1 N–H and O–H groups in total. The number of halogens is 1. The molecule has 18 heavy (non-hydrogen) atoms. The fourth-order valence-corrected chi connectivity index (χ4v) is 1.43. The molecule has 1 rings (SSSR count). The third-order valence-corrected chi connectivity index (χ3v) is 2.95. The lowest BCUT2D eigenvalue weighted by molar-refractivity contribution is -0.118. The molecule has 4 nitrogen and oxygen atoms in total. The zero-order valence-electron chi connectivity index (χ0n) is 10.7. The molecule has 2 amide bonds. The van der Waals surface area contributed by atoms with E-state index in [0.717, 1.165) is 0 Å². The van der Waals surface area contributed by atoms with Gasteiger partial charge in [0.05, 0.1) is 0 Å². The third-order valence-electron chi connectivity index (χ3n) is 2.48. The SMILES string of the molecule is CC(CCl)C(=O)Nc1ccc(C(=O)N(C)C)cc1. The van der Waals surface area contributed by atoms with Gasteiger partial charge in [-0.1, -0.05) is 6.92 Å². The van der Waals surface area contributed by atoms with Crippen LogP contribution in [0.4, 0.5) is 5.69 Å². The molecule has 0 aliphatic rings. The molecule has 1 aromatic carbocycles. The fraction of sp³-hybridized carbons (Fsp3) is 0.385. The maximum absolute atomic E-state index is 11.7. The number of amides is 2. The largest absolute Gasteiger partial charge is 0.345 e. The molecular formula is C13H17ClN2O2. The Morgan fingerprint density at radius 2 is 1.83 bits per heavy atom. The smallest absolute Gasteiger partial charge is 0.253 e. The molecule has 0 heterocycles. The van der Waals surface area contributed by atoms with Gasteiger partial charge in [-0.15, -0.1) is 11.6 Å². The number of rotatable bonds is 4. The first kappa shape index (κ1) is 14.5. The first-order valence-electron chi connectivity index (χ1n) is 5.64. The summed E-state index contributed by atoms with van der Waals surface area (Å²) in [6, 6.07) is 6.78. The van der Waals surface area contributed by atoms with Crippen LogP contribution in [0.3, 0.4) is 0 Å². The van der Waals surface area contributed by atoms with Crippen LogP contribution in [0.5, 0.6) is 0 Å². The van der Waals surface area contributed by atoms with Gasteiger partial charge in [-0.3, -0.25) is 9.59 Å². The molecule has 0 fully saturated rings. The second-order valence-corrected chi connectivity index (χ2v) is 4.63. The molecular weight excluding hydrogens is 252 g/mol. The predicted molar refractivity (Wildman–Crippen MR) is 73.0 cm³/mol. The third kappa shape index (κ3) is 3.74. The highest BCUT2D eigenvalue weighted by molar-refractivity contribution is 6.19. The van der Waals surface area contributed by atoms with Gasteiger partial charge in [0, 0.05) is 37.1 Å². The molecule has 0 aliphatic carbocycles. The van der Waals surface area contributed by atoms with E-state index in [9.17, 15) is 9.59 Å². The summed E-state index contributed by atoms with van der Waals surface area (Å²) in [6.45, 7) is 1.76.